The van der Waals surface area contributed by atoms with Crippen molar-refractivity contribution in [2.24, 2.45) is 11.8 Å². The number of hydrogen-bond donors (Lipinski definition) is 3. The maximum absolute atomic E-state index is 15.9. The maximum atomic E-state index is 15.9. The number of nitrogens with one attached hydrogen (secondary N) is 3. The van der Waals surface area contributed by atoms with Crippen LogP contribution in [-0.4, -0.2) is 276 Å². The Hall–Kier alpha value is -8.56. The molecule has 2 aromatic rings. The molecule has 5 aliphatic heterocycles. The van der Waals surface area contributed by atoms with Gasteiger partial charge < -0.3 is 69.5 Å². The van der Waals surface area contributed by atoms with Crippen LogP contribution in [-0.2, 0) is 92.2 Å². The molecule has 5 saturated heterocycles. The number of fused-ring (bicyclic) bond motifs is 11. The van der Waals surface area contributed by atoms with Gasteiger partial charge in [0.2, 0.25) is 70.9 Å². The lowest BCUT2D eigenvalue weighted by atomic mass is 9.88. The third kappa shape index (κ3) is 21.6. The number of halogens is 8. The summed E-state index contributed by atoms with van der Waals surface area (Å²) in [6.07, 6.45) is -8.86. The van der Waals surface area contributed by atoms with Gasteiger partial charge in [-0.25, -0.2) is 8.78 Å². The Balaban J connectivity index is 1.26. The number of nitrogens with zero attached hydrogens (tertiary/aromatic N) is 9. The molecule has 2 aromatic carbocycles. The molecule has 0 unspecified atom stereocenters. The van der Waals surface area contributed by atoms with E-state index in [1.807, 2.05) is 0 Å². The molecule has 1 aliphatic carbocycles. The second-order valence-electron chi connectivity index (χ2n) is 30.8. The van der Waals surface area contributed by atoms with Crippen molar-refractivity contribution < 1.29 is 102 Å². The van der Waals surface area contributed by atoms with Crippen molar-refractivity contribution in [1.29, 1.82) is 0 Å². The van der Waals surface area contributed by atoms with Gasteiger partial charge in [-0.1, -0.05) is 77.3 Å². The molecule has 11 atom stereocenters. The van der Waals surface area contributed by atoms with Gasteiger partial charge in [0.25, 0.3) is 0 Å². The molecule has 6 fully saturated rings. The predicted octanol–water partition coefficient (Wildman–Crippen LogP) is 5.88. The quantitative estimate of drug-likeness (QED) is 0.222. The highest BCUT2D eigenvalue weighted by Gasteiger charge is 2.51. The number of carbonyl (C=O) groups excluding carboxylic acids is 12. The SMILES string of the molecule is CCO[C@@H]1C[C@H]2C(=O)N[C@@]3(C)CCCCCCC[C@@H](C(=O)N[C@@H]([C@@H](C)CC)C(=O)N(C)CC(=O)N(C)[C@H]4CCCCN(C4=O)[C@@H](Cc4ccc(C(F)(F)F)cc4)C(=O)N(C)CC(=O)N[C@H](CCc4cc(F)c(C(F)(F)F)c(F)c4)C(=O)N2C1)N(C)C(=O)C[C@@H](C(=O)N1CCOCC1)N(C)C(=O)[C@H](C1CCCC1)N(C)C3=O. The van der Waals surface area contributed by atoms with E-state index in [4.69, 9.17) is 9.47 Å². The summed E-state index contributed by atoms with van der Waals surface area (Å²) in [6, 6.07) is -7.22. The second-order valence-corrected chi connectivity index (χ2v) is 30.8. The summed E-state index contributed by atoms with van der Waals surface area (Å²) in [7, 11) is 7.96. The lowest BCUT2D eigenvalue weighted by molar-refractivity contribution is -0.157. The molecule has 8 rings (SSSR count). The van der Waals surface area contributed by atoms with Crippen LogP contribution in [0.3, 0.4) is 0 Å². The first-order valence-electron chi connectivity index (χ1n) is 38.6. The zero-order valence-corrected chi connectivity index (χ0v) is 65.1. The van der Waals surface area contributed by atoms with Crippen LogP contribution in [0.25, 0.3) is 0 Å². The normalized spacial score (nSPS) is 27.6. The van der Waals surface area contributed by atoms with Crippen molar-refractivity contribution in [3.63, 3.8) is 0 Å². The zero-order chi connectivity index (χ0) is 81.7. The Morgan fingerprint density at radius 2 is 1.22 bits per heavy atom. The number of ether oxygens (including phenoxy) is 2. The van der Waals surface area contributed by atoms with Gasteiger partial charge in [-0.15, -0.1) is 0 Å². The summed E-state index contributed by atoms with van der Waals surface area (Å²) in [5, 5.41) is 8.41. The average molecular weight is 1580 g/mol. The molecule has 4 bridgehead atoms. The number of likely N-dealkylation sites (N-methyl/N-ethyl adjacent to an activating group) is 6. The minimum absolute atomic E-state index is 0.0157. The van der Waals surface area contributed by atoms with E-state index >= 15 is 51.9 Å². The first kappa shape index (κ1) is 88.0. The molecule has 5 heterocycles. The molecular weight excluding hydrogens is 1470 g/mol. The fourth-order valence-electron chi connectivity index (χ4n) is 16.2. The molecule has 26 nitrogen and oxygen atoms in total. The van der Waals surface area contributed by atoms with Crippen LogP contribution in [0.1, 0.15) is 166 Å². The lowest BCUT2D eigenvalue weighted by Gasteiger charge is -2.42. The summed E-state index contributed by atoms with van der Waals surface area (Å²) in [5.74, 6) is -15.0. The Morgan fingerprint density at radius 1 is 0.622 bits per heavy atom. The predicted molar refractivity (Wildman–Crippen MR) is 387 cm³/mol. The summed E-state index contributed by atoms with van der Waals surface area (Å²) in [4.78, 5) is 194. The monoisotopic (exact) mass is 1580 g/mol. The third-order valence-corrected chi connectivity index (χ3v) is 23.0. The van der Waals surface area contributed by atoms with Gasteiger partial charge in [0.1, 0.15) is 71.1 Å². The number of morpholine rings is 1. The number of rotatable bonds is 11. The van der Waals surface area contributed by atoms with E-state index in [2.05, 4.69) is 16.0 Å². The van der Waals surface area contributed by atoms with Crippen LogP contribution >= 0.6 is 0 Å². The van der Waals surface area contributed by atoms with Gasteiger partial charge >= 0.3 is 12.4 Å². The third-order valence-electron chi connectivity index (χ3n) is 23.0. The van der Waals surface area contributed by atoms with Crippen LogP contribution in [0.2, 0.25) is 0 Å². The van der Waals surface area contributed by atoms with Crippen LogP contribution in [0.5, 0.6) is 0 Å². The molecule has 0 aromatic heterocycles. The van der Waals surface area contributed by atoms with Crippen LogP contribution in [0.15, 0.2) is 36.4 Å². The van der Waals surface area contributed by atoms with Crippen molar-refractivity contribution in [2.75, 3.05) is 101 Å². The molecule has 0 spiro atoms. The van der Waals surface area contributed by atoms with Crippen molar-refractivity contribution in [3.8, 4) is 0 Å². The Bertz CT molecular complexity index is 3670. The minimum Gasteiger partial charge on any atom is -0.378 e. The van der Waals surface area contributed by atoms with Crippen molar-refractivity contribution in [1.82, 2.24) is 60.0 Å². The van der Waals surface area contributed by atoms with E-state index in [-0.39, 0.29) is 96.5 Å². The smallest absolute Gasteiger partial charge is 0.378 e. The van der Waals surface area contributed by atoms with Crippen molar-refractivity contribution >= 4 is 70.9 Å². The highest BCUT2D eigenvalue weighted by Crippen LogP contribution is 2.37. The van der Waals surface area contributed by atoms with Crippen molar-refractivity contribution in [3.05, 3.63) is 70.3 Å². The number of amides is 12. The summed E-state index contributed by atoms with van der Waals surface area (Å²) in [5.41, 5.74) is -5.42. The van der Waals surface area contributed by atoms with E-state index in [0.717, 1.165) is 60.7 Å². The van der Waals surface area contributed by atoms with E-state index in [9.17, 15) is 40.7 Å². The molecule has 111 heavy (non-hydrogen) atoms. The highest BCUT2D eigenvalue weighted by molar-refractivity contribution is 6.01. The minimum atomic E-state index is -5.46. The standard InChI is InChI=1S/C77H108F8N12O14/c1-11-46(3)64-72(107)90(6)45-62(100)92(8)56-25-19-21-33-96(71(56)106)59(40-47-26-29-50(30-27-47)76(80,81)82)69(104)89(5)44-60(98)86-54(31-28-48-38-52(78)63(53(79)39-48)77(83,84)85)68(103)97-43-51(111-12-2)41-57(97)67(102)88-75(4)32-20-15-13-14-16-24-55(66(101)87-64)91(7)61(99)42-58(70(105)95-34-36-110-37-35-95)93(9)73(108)65(94(10)74(75)109)49-22-17-18-23-49/h26-27,29-30,38-39,46,49,51,54-59,64-65H,11-25,28,31-37,40-45H2,1-10H3,(H,86,98)(H,87,101)(H,88,102)/t46-,51+,54+,55-,56-,57-,58-,59-,64-,65-,75-/m0/s1. The van der Waals surface area contributed by atoms with E-state index in [1.54, 1.807) is 20.8 Å². The highest BCUT2D eigenvalue weighted by atomic mass is 19.4. The largest absolute Gasteiger partial charge is 0.422 e. The number of carbonyl (C=O) groups is 12. The van der Waals surface area contributed by atoms with Gasteiger partial charge in [-0.3, -0.25) is 57.5 Å². The number of benzene rings is 2. The van der Waals surface area contributed by atoms with E-state index < -0.39 is 222 Å². The second kappa shape index (κ2) is 38.3. The Kier molecular flexibility index (Phi) is 30.4. The fraction of sp³-hybridized carbons (Fsp3) is 0.688. The molecule has 12 amide bonds. The summed E-state index contributed by atoms with van der Waals surface area (Å²) in [6.45, 7) is 5.01. The van der Waals surface area contributed by atoms with Gasteiger partial charge in [0.05, 0.1) is 44.4 Å². The molecule has 6 aliphatic rings. The molecule has 616 valence electrons. The Morgan fingerprint density at radius 3 is 1.84 bits per heavy atom. The first-order chi connectivity index (χ1) is 52.3. The van der Waals surface area contributed by atoms with E-state index in [1.165, 1.54) is 56.9 Å². The van der Waals surface area contributed by atoms with Crippen LogP contribution in [0, 0.1) is 23.5 Å². The van der Waals surface area contributed by atoms with E-state index in [0.29, 0.717) is 69.9 Å². The van der Waals surface area contributed by atoms with Crippen LogP contribution in [0.4, 0.5) is 35.1 Å². The number of aryl methyl sites for hydroxylation is 1. The fourth-order valence-corrected chi connectivity index (χ4v) is 16.2. The molecule has 34 heteroatoms. The Labute approximate surface area is 642 Å². The lowest BCUT2D eigenvalue weighted by Crippen LogP contribution is -2.65. The molecule has 0 radical (unpaired) electrons. The van der Waals surface area contributed by atoms with Gasteiger partial charge in [0.15, 0.2) is 0 Å². The maximum Gasteiger partial charge on any atom is 0.422 e. The van der Waals surface area contributed by atoms with Gasteiger partial charge in [-0.05, 0) is 119 Å². The molecule has 3 N–H and O–H groups in total. The van der Waals surface area contributed by atoms with Gasteiger partial charge in [0, 0.05) is 87.9 Å². The molecular formula is C77H108F8N12O14. The molecule has 1 saturated carbocycles. The number of hydrogen-bond acceptors (Lipinski definition) is 14. The summed E-state index contributed by atoms with van der Waals surface area (Å²) < 4.78 is 126. The first-order valence-corrected chi connectivity index (χ1v) is 38.6. The van der Waals surface area contributed by atoms with Crippen molar-refractivity contribution in [2.45, 2.75) is 228 Å². The topological polar surface area (TPSA) is 289 Å². The average Bonchev–Trinajstić information content (AvgIpc) is 1.76. The summed E-state index contributed by atoms with van der Waals surface area (Å²) >= 11 is 0. The van der Waals surface area contributed by atoms with Crippen LogP contribution < -0.4 is 16.0 Å². The zero-order valence-electron chi connectivity index (χ0n) is 65.1. The van der Waals surface area contributed by atoms with Gasteiger partial charge in [-0.2, -0.15) is 26.3 Å². The number of alkyl halides is 6.